The van der Waals surface area contributed by atoms with Gasteiger partial charge < -0.3 is 9.64 Å². The van der Waals surface area contributed by atoms with Crippen LogP contribution in [0.2, 0.25) is 5.02 Å². The molecule has 24 heavy (non-hydrogen) atoms. The molecule has 1 heterocycles. The first-order valence-electron chi connectivity index (χ1n) is 7.86. The summed E-state index contributed by atoms with van der Waals surface area (Å²) in [5.41, 5.74) is 0.209. The number of rotatable bonds is 6. The molecule has 134 valence electrons. The van der Waals surface area contributed by atoms with Crippen molar-refractivity contribution in [3.63, 3.8) is 0 Å². The lowest BCUT2D eigenvalue weighted by atomic mass is 10.1. The molecular formula is C16H23ClN2O4S. The Hall–Kier alpha value is -1.15. The summed E-state index contributed by atoms with van der Waals surface area (Å²) in [4.78, 5) is 14.6. The standard InChI is InChI=1S/C16H23ClN2O4S/c1-4-19(10-12-7-8-23-11-12)16(20)14-9-13(5-6-15(14)17)24(21,22)18(2)3/h5-6,9,12H,4,7-8,10-11H2,1-3H3. The molecule has 1 aliphatic heterocycles. The smallest absolute Gasteiger partial charge is 0.255 e. The van der Waals surface area contributed by atoms with Gasteiger partial charge >= 0.3 is 0 Å². The quantitative estimate of drug-likeness (QED) is 0.764. The zero-order chi connectivity index (χ0) is 17.9. The molecule has 1 unspecified atom stereocenters. The van der Waals surface area contributed by atoms with Crippen molar-refractivity contribution in [2.45, 2.75) is 18.2 Å². The van der Waals surface area contributed by atoms with Crippen molar-refractivity contribution in [1.29, 1.82) is 0 Å². The van der Waals surface area contributed by atoms with Gasteiger partial charge in [0.2, 0.25) is 10.0 Å². The SMILES string of the molecule is CCN(CC1CCOC1)C(=O)c1cc(S(=O)(=O)N(C)C)ccc1Cl. The second-order valence-corrected chi connectivity index (χ2v) is 8.56. The highest BCUT2D eigenvalue weighted by Crippen LogP contribution is 2.24. The molecule has 0 bridgehead atoms. The molecule has 0 radical (unpaired) electrons. The maximum Gasteiger partial charge on any atom is 0.255 e. The van der Waals surface area contributed by atoms with Crippen molar-refractivity contribution in [1.82, 2.24) is 9.21 Å². The third kappa shape index (κ3) is 4.08. The van der Waals surface area contributed by atoms with Crippen molar-refractivity contribution in [2.75, 3.05) is 40.4 Å². The third-order valence-corrected chi connectivity index (χ3v) is 6.26. The van der Waals surface area contributed by atoms with Gasteiger partial charge in [-0.05, 0) is 31.5 Å². The molecule has 1 fully saturated rings. The van der Waals surface area contributed by atoms with E-state index in [0.29, 0.717) is 32.2 Å². The van der Waals surface area contributed by atoms with E-state index in [4.69, 9.17) is 16.3 Å². The molecule has 2 rings (SSSR count). The number of halogens is 1. The fourth-order valence-corrected chi connectivity index (χ4v) is 3.73. The fraction of sp³-hybridized carbons (Fsp3) is 0.562. The summed E-state index contributed by atoms with van der Waals surface area (Å²) in [6, 6.07) is 4.22. The second-order valence-electron chi connectivity index (χ2n) is 6.00. The highest BCUT2D eigenvalue weighted by Gasteiger charge is 2.25. The van der Waals surface area contributed by atoms with Gasteiger partial charge in [0, 0.05) is 39.7 Å². The van der Waals surface area contributed by atoms with Gasteiger partial charge in [-0.1, -0.05) is 11.6 Å². The first-order valence-corrected chi connectivity index (χ1v) is 9.68. The number of nitrogens with zero attached hydrogens (tertiary/aromatic N) is 2. The van der Waals surface area contributed by atoms with Gasteiger partial charge in [0.05, 0.1) is 22.1 Å². The summed E-state index contributed by atoms with van der Waals surface area (Å²) in [5, 5.41) is 0.249. The lowest BCUT2D eigenvalue weighted by Gasteiger charge is -2.24. The van der Waals surface area contributed by atoms with Gasteiger partial charge in [-0.3, -0.25) is 4.79 Å². The van der Waals surface area contributed by atoms with E-state index in [0.717, 1.165) is 10.7 Å². The van der Waals surface area contributed by atoms with Gasteiger partial charge in [-0.25, -0.2) is 12.7 Å². The molecule has 0 N–H and O–H groups in total. The molecule has 0 spiro atoms. The van der Waals surface area contributed by atoms with Gasteiger partial charge in [0.1, 0.15) is 0 Å². The van der Waals surface area contributed by atoms with Gasteiger partial charge in [0.25, 0.3) is 5.91 Å². The number of carbonyl (C=O) groups excluding carboxylic acids is 1. The van der Waals surface area contributed by atoms with E-state index in [1.165, 1.54) is 32.3 Å². The average molecular weight is 375 g/mol. The van der Waals surface area contributed by atoms with Crippen molar-refractivity contribution >= 4 is 27.5 Å². The maximum absolute atomic E-state index is 12.8. The molecule has 8 heteroatoms. The van der Waals surface area contributed by atoms with Crippen LogP contribution in [0.1, 0.15) is 23.7 Å². The second kappa shape index (κ2) is 7.82. The van der Waals surface area contributed by atoms with E-state index in [9.17, 15) is 13.2 Å². The first kappa shape index (κ1) is 19.2. The molecule has 1 saturated heterocycles. The highest BCUT2D eigenvalue weighted by molar-refractivity contribution is 7.89. The van der Waals surface area contributed by atoms with E-state index in [-0.39, 0.29) is 21.4 Å². The number of hydrogen-bond acceptors (Lipinski definition) is 4. The molecule has 1 atom stereocenters. The van der Waals surface area contributed by atoms with Crippen LogP contribution in [0.5, 0.6) is 0 Å². The van der Waals surface area contributed by atoms with E-state index in [1.54, 1.807) is 4.90 Å². The molecule has 0 aromatic heterocycles. The van der Waals surface area contributed by atoms with Crippen molar-refractivity contribution in [3.05, 3.63) is 28.8 Å². The number of ether oxygens (including phenoxy) is 1. The lowest BCUT2D eigenvalue weighted by Crippen LogP contribution is -2.35. The third-order valence-electron chi connectivity index (χ3n) is 4.12. The van der Waals surface area contributed by atoms with Crippen LogP contribution in [-0.2, 0) is 14.8 Å². The number of hydrogen-bond donors (Lipinski definition) is 0. The lowest BCUT2D eigenvalue weighted by molar-refractivity contribution is 0.0730. The van der Waals surface area contributed by atoms with E-state index in [1.807, 2.05) is 6.92 Å². The molecule has 1 aromatic carbocycles. The van der Waals surface area contributed by atoms with Crippen molar-refractivity contribution in [2.24, 2.45) is 5.92 Å². The molecule has 1 aromatic rings. The minimum absolute atomic E-state index is 0.0560. The maximum atomic E-state index is 12.8. The normalized spacial score (nSPS) is 18.1. The number of amides is 1. The summed E-state index contributed by atoms with van der Waals surface area (Å²) >= 11 is 6.16. The summed E-state index contributed by atoms with van der Waals surface area (Å²) in [7, 11) is -0.724. The Bertz CT molecular complexity index is 700. The Kier molecular flexibility index (Phi) is 6.25. The molecule has 6 nitrogen and oxygen atoms in total. The molecule has 0 saturated carbocycles. The van der Waals surface area contributed by atoms with Crippen molar-refractivity contribution in [3.8, 4) is 0 Å². The predicted molar refractivity (Wildman–Crippen MR) is 92.8 cm³/mol. The highest BCUT2D eigenvalue weighted by atomic mass is 35.5. The minimum atomic E-state index is -3.62. The van der Waals surface area contributed by atoms with Crippen LogP contribution in [0.3, 0.4) is 0 Å². The Morgan fingerprint density at radius 1 is 1.38 bits per heavy atom. The zero-order valence-corrected chi connectivity index (χ0v) is 15.7. The monoisotopic (exact) mass is 374 g/mol. The predicted octanol–water partition coefficient (Wildman–Crippen LogP) is 2.09. The molecule has 0 aliphatic carbocycles. The molecular weight excluding hydrogens is 352 g/mol. The summed E-state index contributed by atoms with van der Waals surface area (Å²) in [5.74, 6) is 0.0478. The molecule has 1 aliphatic rings. The van der Waals surface area contributed by atoms with Gasteiger partial charge in [-0.15, -0.1) is 0 Å². The first-order chi connectivity index (χ1) is 11.3. The minimum Gasteiger partial charge on any atom is -0.381 e. The average Bonchev–Trinajstić information content (AvgIpc) is 3.05. The Morgan fingerprint density at radius 2 is 2.08 bits per heavy atom. The number of sulfonamides is 1. The van der Waals surface area contributed by atoms with Crippen LogP contribution in [0.25, 0.3) is 0 Å². The topological polar surface area (TPSA) is 66.9 Å². The van der Waals surface area contributed by atoms with Crippen molar-refractivity contribution < 1.29 is 17.9 Å². The van der Waals surface area contributed by atoms with Crippen LogP contribution in [0.4, 0.5) is 0 Å². The van der Waals surface area contributed by atoms with Crippen LogP contribution < -0.4 is 0 Å². The largest absolute Gasteiger partial charge is 0.381 e. The van der Waals surface area contributed by atoms with Crippen LogP contribution >= 0.6 is 11.6 Å². The Labute approximate surface area is 148 Å². The van der Waals surface area contributed by atoms with Crippen LogP contribution in [-0.4, -0.2) is 63.9 Å². The van der Waals surface area contributed by atoms with Gasteiger partial charge in [-0.2, -0.15) is 0 Å². The van der Waals surface area contributed by atoms with E-state index >= 15 is 0 Å². The van der Waals surface area contributed by atoms with Crippen LogP contribution in [0.15, 0.2) is 23.1 Å². The Balaban J connectivity index is 2.30. The Morgan fingerprint density at radius 3 is 2.62 bits per heavy atom. The molecule has 1 amide bonds. The number of benzene rings is 1. The van der Waals surface area contributed by atoms with Crippen LogP contribution in [0, 0.1) is 5.92 Å². The summed E-state index contributed by atoms with van der Waals surface area (Å²) in [6.45, 7) is 4.36. The summed E-state index contributed by atoms with van der Waals surface area (Å²) < 4.78 is 31.0. The fourth-order valence-electron chi connectivity index (χ4n) is 2.60. The summed E-state index contributed by atoms with van der Waals surface area (Å²) in [6.07, 6.45) is 0.923. The number of carbonyl (C=O) groups is 1. The van der Waals surface area contributed by atoms with E-state index < -0.39 is 10.0 Å². The van der Waals surface area contributed by atoms with E-state index in [2.05, 4.69) is 0 Å². The van der Waals surface area contributed by atoms with Gasteiger partial charge in [0.15, 0.2) is 0 Å². The zero-order valence-electron chi connectivity index (χ0n) is 14.2.